The highest BCUT2D eigenvalue weighted by Crippen LogP contribution is 2.52. The molecule has 4 aromatic rings. The molecule has 0 spiro atoms. The van der Waals surface area contributed by atoms with Gasteiger partial charge in [-0.3, -0.25) is 4.98 Å². The van der Waals surface area contributed by atoms with Gasteiger partial charge in [-0.25, -0.2) is 0 Å². The summed E-state index contributed by atoms with van der Waals surface area (Å²) >= 11 is 1.30. The van der Waals surface area contributed by atoms with Crippen molar-refractivity contribution in [3.05, 3.63) is 78.6 Å². The summed E-state index contributed by atoms with van der Waals surface area (Å²) < 4.78 is 99.6. The smallest absolute Gasteiger partial charge is 0.306 e. The van der Waals surface area contributed by atoms with E-state index in [0.29, 0.717) is 27.3 Å². The lowest BCUT2D eigenvalue weighted by atomic mass is 9.96. The molecule has 12 nitrogen and oxygen atoms in total. The van der Waals surface area contributed by atoms with Gasteiger partial charge in [0.2, 0.25) is 0 Å². The van der Waals surface area contributed by atoms with Gasteiger partial charge in [0.05, 0.1) is 49.1 Å². The van der Waals surface area contributed by atoms with Crippen molar-refractivity contribution >= 4 is 42.1 Å². The van der Waals surface area contributed by atoms with E-state index in [4.69, 9.17) is 22.0 Å². The summed E-state index contributed by atoms with van der Waals surface area (Å²) in [6, 6.07) is 17.7. The molecule has 0 amide bonds. The van der Waals surface area contributed by atoms with Crippen molar-refractivity contribution in [3.8, 4) is 51.0 Å². The van der Waals surface area contributed by atoms with Crippen LogP contribution in [0.5, 0.6) is 28.7 Å². The number of benzene rings is 3. The largest absolute Gasteiger partial charge is 0.496 e. The lowest BCUT2D eigenvalue weighted by Crippen LogP contribution is -2.10. The maximum absolute atomic E-state index is 12.5. The molecular formula is C29H29NO11S4. The number of ether oxygens (including phenoxy) is 2. The number of nitrogens with zero attached hydrogens (tertiary/aromatic N) is 1. The lowest BCUT2D eigenvalue weighted by molar-refractivity contribution is 0.386. The molecular weight excluding hydrogens is 667 g/mol. The Morgan fingerprint density at radius 1 is 0.667 bits per heavy atom. The molecule has 1 aromatic heterocycles. The first kappa shape index (κ1) is 33.9. The first-order valence-corrected chi connectivity index (χ1v) is 19.3. The molecule has 0 aliphatic heterocycles. The molecule has 45 heavy (non-hydrogen) atoms. The second kappa shape index (κ2) is 13.6. The van der Waals surface area contributed by atoms with Crippen LogP contribution in [0, 0.1) is 0 Å². The molecule has 0 atom stereocenters. The Hall–Kier alpha value is -3.99. The molecule has 240 valence electrons. The first-order valence-electron chi connectivity index (χ1n) is 12.8. The zero-order valence-electron chi connectivity index (χ0n) is 24.7. The SMILES string of the molecule is COc1cc(-c2ccc(OS(C)(=O)=O)cc2)c(OC)c(OS(C)(=O)=O)c1-c1ccc(SCc2ccccn2)c(OS(C)(=O)=O)c1. The molecule has 0 saturated carbocycles. The average Bonchev–Trinajstić information content (AvgIpc) is 2.94. The van der Waals surface area contributed by atoms with Crippen LogP contribution in [0.3, 0.4) is 0 Å². The summed E-state index contributed by atoms with van der Waals surface area (Å²) in [7, 11) is -9.18. The Morgan fingerprint density at radius 2 is 1.31 bits per heavy atom. The third-order valence-electron chi connectivity index (χ3n) is 5.85. The van der Waals surface area contributed by atoms with Gasteiger partial charge in [-0.15, -0.1) is 11.8 Å². The van der Waals surface area contributed by atoms with Gasteiger partial charge in [0.1, 0.15) is 11.5 Å². The maximum atomic E-state index is 12.5. The van der Waals surface area contributed by atoms with E-state index in [0.717, 1.165) is 24.5 Å². The van der Waals surface area contributed by atoms with Gasteiger partial charge in [0.15, 0.2) is 17.2 Å². The number of hydrogen-bond donors (Lipinski definition) is 0. The first-order chi connectivity index (χ1) is 21.1. The predicted octanol–water partition coefficient (Wildman–Crippen LogP) is 4.74. The third-order valence-corrected chi connectivity index (χ3v) is 8.38. The molecule has 0 unspecified atom stereocenters. The van der Waals surface area contributed by atoms with Crippen LogP contribution in [-0.4, -0.2) is 63.2 Å². The van der Waals surface area contributed by atoms with Gasteiger partial charge < -0.3 is 22.0 Å². The van der Waals surface area contributed by atoms with E-state index in [9.17, 15) is 25.3 Å². The number of aromatic nitrogens is 1. The summed E-state index contributed by atoms with van der Waals surface area (Å²) in [4.78, 5) is 4.77. The molecule has 4 rings (SSSR count). The molecule has 3 aromatic carbocycles. The number of hydrogen-bond acceptors (Lipinski definition) is 13. The molecule has 1 heterocycles. The van der Waals surface area contributed by atoms with E-state index in [2.05, 4.69) is 4.98 Å². The minimum atomic E-state index is -4.14. The van der Waals surface area contributed by atoms with Crippen molar-refractivity contribution in [2.75, 3.05) is 33.0 Å². The van der Waals surface area contributed by atoms with Crippen molar-refractivity contribution in [1.82, 2.24) is 4.98 Å². The molecule has 0 bridgehead atoms. The van der Waals surface area contributed by atoms with E-state index in [1.54, 1.807) is 42.6 Å². The Bertz CT molecular complexity index is 2010. The molecule has 0 fully saturated rings. The summed E-state index contributed by atoms with van der Waals surface area (Å²) in [5.74, 6) is 0.406. The normalized spacial score (nSPS) is 11.9. The van der Waals surface area contributed by atoms with Crippen LogP contribution in [0.2, 0.25) is 0 Å². The summed E-state index contributed by atoms with van der Waals surface area (Å²) in [5, 5.41) is 0. The highest BCUT2D eigenvalue weighted by atomic mass is 32.2. The molecule has 0 radical (unpaired) electrons. The van der Waals surface area contributed by atoms with Crippen LogP contribution in [0.25, 0.3) is 22.3 Å². The third kappa shape index (κ3) is 9.26. The fraction of sp³-hybridized carbons (Fsp3) is 0.207. The van der Waals surface area contributed by atoms with Gasteiger partial charge >= 0.3 is 30.4 Å². The number of rotatable bonds is 13. The van der Waals surface area contributed by atoms with Crippen LogP contribution in [-0.2, 0) is 36.1 Å². The fourth-order valence-electron chi connectivity index (χ4n) is 4.21. The standard InChI is InChI=1S/C29H29NO11S4/c1-37-25-17-23(19-9-12-22(13-10-19)39-43(3,31)32)28(38-2)29(41-45(5,35)36)27(25)20-11-14-26(24(16-20)40-44(4,33)34)42-18-21-8-6-7-15-30-21/h6-17H,18H2,1-5H3. The minimum Gasteiger partial charge on any atom is -0.496 e. The van der Waals surface area contributed by atoms with Crippen LogP contribution >= 0.6 is 11.8 Å². The highest BCUT2D eigenvalue weighted by Gasteiger charge is 2.27. The van der Waals surface area contributed by atoms with Crippen molar-refractivity contribution < 1.29 is 47.3 Å². The molecule has 0 aliphatic rings. The van der Waals surface area contributed by atoms with Gasteiger partial charge in [-0.2, -0.15) is 25.3 Å². The van der Waals surface area contributed by atoms with Crippen LogP contribution in [0.15, 0.2) is 77.8 Å². The van der Waals surface area contributed by atoms with Gasteiger partial charge in [-0.05, 0) is 53.6 Å². The maximum Gasteiger partial charge on any atom is 0.306 e. The predicted molar refractivity (Wildman–Crippen MR) is 171 cm³/mol. The zero-order chi connectivity index (χ0) is 33.0. The van der Waals surface area contributed by atoms with E-state index in [1.165, 1.54) is 44.2 Å². The summed E-state index contributed by atoms with van der Waals surface area (Å²) in [6.45, 7) is 0. The van der Waals surface area contributed by atoms with Crippen LogP contribution in [0.4, 0.5) is 0 Å². The average molecular weight is 696 g/mol. The summed E-state index contributed by atoms with van der Waals surface area (Å²) in [6.07, 6.45) is 4.34. The topological polar surface area (TPSA) is 161 Å². The van der Waals surface area contributed by atoms with Crippen molar-refractivity contribution in [3.63, 3.8) is 0 Å². The van der Waals surface area contributed by atoms with E-state index in [-0.39, 0.29) is 34.3 Å². The number of thioether (sulfide) groups is 1. The highest BCUT2D eigenvalue weighted by molar-refractivity contribution is 7.98. The quantitative estimate of drug-likeness (QED) is 0.139. The van der Waals surface area contributed by atoms with Crippen molar-refractivity contribution in [1.29, 1.82) is 0 Å². The monoisotopic (exact) mass is 695 g/mol. The van der Waals surface area contributed by atoms with Gasteiger partial charge in [-0.1, -0.05) is 24.3 Å². The van der Waals surface area contributed by atoms with E-state index >= 15 is 0 Å². The van der Waals surface area contributed by atoms with Crippen molar-refractivity contribution in [2.45, 2.75) is 10.6 Å². The minimum absolute atomic E-state index is 0.00666. The molecule has 0 saturated heterocycles. The Morgan fingerprint density at radius 3 is 1.87 bits per heavy atom. The van der Waals surface area contributed by atoms with Crippen molar-refractivity contribution in [2.24, 2.45) is 0 Å². The Labute approximate surface area is 266 Å². The Kier molecular flexibility index (Phi) is 10.2. The van der Waals surface area contributed by atoms with Crippen LogP contribution < -0.4 is 22.0 Å². The van der Waals surface area contributed by atoms with E-state index in [1.807, 2.05) is 12.1 Å². The Balaban J connectivity index is 1.91. The van der Waals surface area contributed by atoms with E-state index < -0.39 is 30.4 Å². The second-order valence-electron chi connectivity index (χ2n) is 9.52. The second-order valence-corrected chi connectivity index (χ2v) is 15.3. The fourth-order valence-corrected chi connectivity index (χ4v) is 6.53. The molecule has 16 heteroatoms. The van der Waals surface area contributed by atoms with Crippen LogP contribution in [0.1, 0.15) is 5.69 Å². The molecule has 0 aliphatic carbocycles. The summed E-state index contributed by atoms with van der Waals surface area (Å²) in [5.41, 5.74) is 2.03. The number of methoxy groups -OCH3 is 2. The van der Waals surface area contributed by atoms with Gasteiger partial charge in [0, 0.05) is 17.5 Å². The lowest BCUT2D eigenvalue weighted by Gasteiger charge is -2.21. The zero-order valence-corrected chi connectivity index (χ0v) is 28.0. The number of pyridine rings is 1. The molecule has 0 N–H and O–H groups in total. The van der Waals surface area contributed by atoms with Gasteiger partial charge in [0.25, 0.3) is 0 Å².